The van der Waals surface area contributed by atoms with Gasteiger partial charge in [0.25, 0.3) is 0 Å². The van der Waals surface area contributed by atoms with E-state index in [1.54, 1.807) is 0 Å². The van der Waals surface area contributed by atoms with E-state index in [4.69, 9.17) is 4.52 Å². The fourth-order valence-electron chi connectivity index (χ4n) is 2.25. The van der Waals surface area contributed by atoms with Crippen LogP contribution in [0.15, 0.2) is 39.8 Å². The molecule has 0 amide bonds. The highest BCUT2D eigenvalue weighted by molar-refractivity contribution is 5.79. The summed E-state index contributed by atoms with van der Waals surface area (Å²) < 4.78 is 5.33. The molecule has 0 saturated heterocycles. The van der Waals surface area contributed by atoms with Crippen LogP contribution in [0.25, 0.3) is 0 Å². The number of aromatic nitrogens is 1. The zero-order chi connectivity index (χ0) is 17.4. The quantitative estimate of drug-likeness (QED) is 0.604. The second-order valence-corrected chi connectivity index (χ2v) is 6.23. The molecule has 0 fully saturated rings. The smallest absolute Gasteiger partial charge is 0.191 e. The Morgan fingerprint density at radius 1 is 1.21 bits per heavy atom. The van der Waals surface area contributed by atoms with Crippen molar-refractivity contribution in [2.75, 3.05) is 13.1 Å². The summed E-state index contributed by atoms with van der Waals surface area (Å²) in [6, 6.07) is 10.6. The molecule has 0 aliphatic heterocycles. The molecular formula is C19H28N4O. The van der Waals surface area contributed by atoms with E-state index in [1.165, 1.54) is 11.1 Å². The van der Waals surface area contributed by atoms with E-state index in [0.29, 0.717) is 12.5 Å². The first kappa shape index (κ1) is 18.0. The van der Waals surface area contributed by atoms with Crippen LogP contribution in [0.1, 0.15) is 49.3 Å². The predicted molar refractivity (Wildman–Crippen MR) is 98.3 cm³/mol. The monoisotopic (exact) mass is 328 g/mol. The van der Waals surface area contributed by atoms with Crippen molar-refractivity contribution in [1.29, 1.82) is 0 Å². The number of guanidine groups is 1. The number of nitrogens with one attached hydrogen (secondary N) is 2. The van der Waals surface area contributed by atoms with Crippen LogP contribution in [0.5, 0.6) is 0 Å². The fraction of sp³-hybridized carbons (Fsp3) is 0.474. The molecule has 2 aromatic rings. The van der Waals surface area contributed by atoms with Gasteiger partial charge in [0.05, 0.1) is 5.69 Å². The maximum Gasteiger partial charge on any atom is 0.191 e. The lowest BCUT2D eigenvalue weighted by atomic mass is 10.1. The second kappa shape index (κ2) is 9.11. The normalized spacial score (nSPS) is 11.8. The van der Waals surface area contributed by atoms with Crippen LogP contribution < -0.4 is 10.6 Å². The number of nitrogens with zero attached hydrogens (tertiary/aromatic N) is 2. The molecule has 5 nitrogen and oxygen atoms in total. The molecular weight excluding hydrogens is 300 g/mol. The number of rotatable bonds is 7. The second-order valence-electron chi connectivity index (χ2n) is 6.23. The van der Waals surface area contributed by atoms with Crippen LogP contribution in [-0.4, -0.2) is 24.2 Å². The van der Waals surface area contributed by atoms with Gasteiger partial charge in [-0.15, -0.1) is 0 Å². The molecule has 24 heavy (non-hydrogen) atoms. The van der Waals surface area contributed by atoms with Crippen LogP contribution in [-0.2, 0) is 13.0 Å². The van der Waals surface area contributed by atoms with Gasteiger partial charge in [-0.2, -0.15) is 0 Å². The molecule has 0 atom stereocenters. The fourth-order valence-corrected chi connectivity index (χ4v) is 2.25. The summed E-state index contributed by atoms with van der Waals surface area (Å²) in [5.41, 5.74) is 3.58. The number of aliphatic imine (C=N–C) groups is 1. The number of benzene rings is 1. The SMILES string of the molecule is CCNC(=NCc1cc(C(C)C)no1)NCCc1ccc(C)cc1. The van der Waals surface area contributed by atoms with E-state index in [1.807, 2.05) is 6.07 Å². The molecule has 0 aliphatic carbocycles. The van der Waals surface area contributed by atoms with Crippen molar-refractivity contribution in [2.24, 2.45) is 4.99 Å². The summed E-state index contributed by atoms with van der Waals surface area (Å²) in [7, 11) is 0. The minimum absolute atomic E-state index is 0.368. The van der Waals surface area contributed by atoms with E-state index in [-0.39, 0.29) is 0 Å². The van der Waals surface area contributed by atoms with Crippen LogP contribution in [0.3, 0.4) is 0 Å². The minimum Gasteiger partial charge on any atom is -0.359 e. The standard InChI is InChI=1S/C19H28N4O/c1-5-20-19(21-11-10-16-8-6-15(4)7-9-16)22-13-17-12-18(14(2)3)23-24-17/h6-9,12,14H,5,10-11,13H2,1-4H3,(H2,20,21,22). The highest BCUT2D eigenvalue weighted by Crippen LogP contribution is 2.14. The van der Waals surface area contributed by atoms with E-state index in [2.05, 4.69) is 72.7 Å². The molecule has 2 N–H and O–H groups in total. The Labute approximate surface area is 144 Å². The van der Waals surface area contributed by atoms with Gasteiger partial charge >= 0.3 is 0 Å². The number of hydrogen-bond acceptors (Lipinski definition) is 3. The molecule has 130 valence electrons. The molecule has 5 heteroatoms. The van der Waals surface area contributed by atoms with Gasteiger partial charge in [-0.25, -0.2) is 4.99 Å². The number of aryl methyl sites for hydroxylation is 1. The average Bonchev–Trinajstić information content (AvgIpc) is 3.04. The molecule has 1 heterocycles. The van der Waals surface area contributed by atoms with Crippen LogP contribution in [0.4, 0.5) is 0 Å². The van der Waals surface area contributed by atoms with Crippen LogP contribution in [0.2, 0.25) is 0 Å². The minimum atomic E-state index is 0.368. The predicted octanol–water partition coefficient (Wildman–Crippen LogP) is 3.40. The van der Waals surface area contributed by atoms with E-state index in [0.717, 1.165) is 36.9 Å². The Kier molecular flexibility index (Phi) is 6.85. The van der Waals surface area contributed by atoms with Gasteiger partial charge in [-0.05, 0) is 31.7 Å². The largest absolute Gasteiger partial charge is 0.359 e. The van der Waals surface area contributed by atoms with E-state index < -0.39 is 0 Å². The highest BCUT2D eigenvalue weighted by Gasteiger charge is 2.07. The lowest BCUT2D eigenvalue weighted by Crippen LogP contribution is -2.38. The first-order valence-electron chi connectivity index (χ1n) is 8.61. The summed E-state index contributed by atoms with van der Waals surface area (Å²) in [5, 5.41) is 10.7. The van der Waals surface area contributed by atoms with Crippen molar-refractivity contribution >= 4 is 5.96 Å². The van der Waals surface area contributed by atoms with Gasteiger partial charge < -0.3 is 15.2 Å². The van der Waals surface area contributed by atoms with Gasteiger partial charge in [-0.3, -0.25) is 0 Å². The topological polar surface area (TPSA) is 62.5 Å². The summed E-state index contributed by atoms with van der Waals surface area (Å²) in [4.78, 5) is 4.56. The van der Waals surface area contributed by atoms with Crippen molar-refractivity contribution in [3.8, 4) is 0 Å². The molecule has 1 aromatic carbocycles. The summed E-state index contributed by atoms with van der Waals surface area (Å²) >= 11 is 0. The Morgan fingerprint density at radius 3 is 2.58 bits per heavy atom. The number of hydrogen-bond donors (Lipinski definition) is 2. The molecule has 2 rings (SSSR count). The Bertz CT molecular complexity index is 644. The van der Waals surface area contributed by atoms with Crippen molar-refractivity contribution < 1.29 is 4.52 Å². The maximum atomic E-state index is 5.33. The van der Waals surface area contributed by atoms with Crippen LogP contribution in [0, 0.1) is 6.92 Å². The van der Waals surface area contributed by atoms with Crippen molar-refractivity contribution in [1.82, 2.24) is 15.8 Å². The summed E-state index contributed by atoms with van der Waals surface area (Å²) in [6.45, 7) is 10.5. The molecule has 0 radical (unpaired) electrons. The summed E-state index contributed by atoms with van der Waals surface area (Å²) in [5.74, 6) is 1.95. The highest BCUT2D eigenvalue weighted by atomic mass is 16.5. The molecule has 1 aromatic heterocycles. The average molecular weight is 328 g/mol. The molecule has 0 bridgehead atoms. The zero-order valence-electron chi connectivity index (χ0n) is 15.1. The lowest BCUT2D eigenvalue weighted by molar-refractivity contribution is 0.376. The van der Waals surface area contributed by atoms with Gasteiger partial charge in [-0.1, -0.05) is 48.8 Å². The van der Waals surface area contributed by atoms with Crippen LogP contribution >= 0.6 is 0 Å². The van der Waals surface area contributed by atoms with Gasteiger partial charge in [0.2, 0.25) is 0 Å². The Balaban J connectivity index is 1.86. The van der Waals surface area contributed by atoms with Gasteiger partial charge in [0, 0.05) is 19.2 Å². The Hall–Kier alpha value is -2.30. The Morgan fingerprint density at radius 2 is 1.96 bits per heavy atom. The third-order valence-corrected chi connectivity index (χ3v) is 3.73. The zero-order valence-corrected chi connectivity index (χ0v) is 15.1. The maximum absolute atomic E-state index is 5.33. The first-order valence-corrected chi connectivity index (χ1v) is 8.61. The van der Waals surface area contributed by atoms with Crippen molar-refractivity contribution in [2.45, 2.75) is 46.6 Å². The molecule has 0 spiro atoms. The van der Waals surface area contributed by atoms with Gasteiger partial charge in [0.15, 0.2) is 11.7 Å². The summed E-state index contributed by atoms with van der Waals surface area (Å²) in [6.07, 6.45) is 0.963. The third kappa shape index (κ3) is 5.72. The lowest BCUT2D eigenvalue weighted by Gasteiger charge is -2.11. The van der Waals surface area contributed by atoms with E-state index in [9.17, 15) is 0 Å². The molecule has 0 saturated carbocycles. The molecule has 0 aliphatic rings. The van der Waals surface area contributed by atoms with E-state index >= 15 is 0 Å². The third-order valence-electron chi connectivity index (χ3n) is 3.73. The van der Waals surface area contributed by atoms with Crippen molar-refractivity contribution in [3.05, 3.63) is 52.9 Å². The molecule has 0 unspecified atom stereocenters. The van der Waals surface area contributed by atoms with Crippen molar-refractivity contribution in [3.63, 3.8) is 0 Å². The first-order chi connectivity index (χ1) is 11.6. The van der Waals surface area contributed by atoms with Gasteiger partial charge in [0.1, 0.15) is 6.54 Å².